The number of nitrogens with zero attached hydrogens (tertiary/aromatic N) is 2. The van der Waals surface area contributed by atoms with Gasteiger partial charge in [0.25, 0.3) is 0 Å². The van der Waals surface area contributed by atoms with Gasteiger partial charge in [0.2, 0.25) is 0 Å². The van der Waals surface area contributed by atoms with E-state index in [0.29, 0.717) is 23.9 Å². The van der Waals surface area contributed by atoms with E-state index in [1.54, 1.807) is 11.5 Å². The fourth-order valence-corrected chi connectivity index (χ4v) is 3.11. The number of rotatable bonds is 9. The Labute approximate surface area is 128 Å². The highest BCUT2D eigenvalue weighted by atomic mass is 32.2. The lowest BCUT2D eigenvalue weighted by Gasteiger charge is -2.25. The van der Waals surface area contributed by atoms with Crippen LogP contribution in [0.1, 0.15) is 46.6 Å². The number of aliphatic carboxylic acids is 1. The molecule has 3 N–H and O–H groups in total. The highest BCUT2D eigenvalue weighted by molar-refractivity contribution is 7.99. The number of carboxylic acids is 1. The molecule has 1 aromatic heterocycles. The van der Waals surface area contributed by atoms with E-state index in [4.69, 9.17) is 0 Å². The van der Waals surface area contributed by atoms with Gasteiger partial charge in [-0.05, 0) is 40.2 Å². The molecule has 0 bridgehead atoms. The molecule has 1 unspecified atom stereocenters. The number of aromatic nitrogens is 3. The zero-order chi connectivity index (χ0) is 16.0. The molecule has 21 heavy (non-hydrogen) atoms. The fraction of sp³-hybridized carbons (Fsp3) is 0.769. The summed E-state index contributed by atoms with van der Waals surface area (Å²) in [7, 11) is 0. The second-order valence-electron chi connectivity index (χ2n) is 5.39. The average molecular weight is 316 g/mol. The summed E-state index contributed by atoms with van der Waals surface area (Å²) in [6.45, 7) is 8.05. The Kier molecular flexibility index (Phi) is 6.47. The molecule has 0 saturated heterocycles. The Hall–Kier alpha value is -1.28. The van der Waals surface area contributed by atoms with Crippen LogP contribution in [-0.2, 0) is 4.79 Å². The van der Waals surface area contributed by atoms with Crippen molar-refractivity contribution < 1.29 is 9.90 Å². The first kappa shape index (κ1) is 17.8. The van der Waals surface area contributed by atoms with Gasteiger partial charge in [-0.2, -0.15) is 0 Å². The summed E-state index contributed by atoms with van der Waals surface area (Å²) in [6, 6.07) is 0.0461. The minimum Gasteiger partial charge on any atom is -0.480 e. The highest BCUT2D eigenvalue weighted by Crippen LogP contribution is 2.21. The van der Waals surface area contributed by atoms with Gasteiger partial charge in [-0.3, -0.25) is 9.36 Å². The van der Waals surface area contributed by atoms with Gasteiger partial charge in [0.05, 0.1) is 0 Å². The molecular weight excluding hydrogens is 292 g/mol. The van der Waals surface area contributed by atoms with Crippen molar-refractivity contribution >= 4 is 17.7 Å². The first-order valence-corrected chi connectivity index (χ1v) is 8.08. The van der Waals surface area contributed by atoms with Crippen LogP contribution in [0.25, 0.3) is 0 Å². The van der Waals surface area contributed by atoms with Crippen LogP contribution < -0.4 is 11.0 Å². The molecule has 1 rings (SSSR count). The lowest BCUT2D eigenvalue weighted by atomic mass is 9.96. The molecule has 0 aliphatic heterocycles. The average Bonchev–Trinajstić information content (AvgIpc) is 2.76. The molecule has 0 fully saturated rings. The lowest BCUT2D eigenvalue weighted by molar-refractivity contribution is -0.144. The molecule has 0 amide bonds. The van der Waals surface area contributed by atoms with Crippen LogP contribution in [0, 0.1) is 0 Å². The summed E-state index contributed by atoms with van der Waals surface area (Å²) in [5, 5.41) is 19.4. The smallest absolute Gasteiger partial charge is 0.344 e. The van der Waals surface area contributed by atoms with E-state index in [2.05, 4.69) is 15.5 Å². The van der Waals surface area contributed by atoms with Gasteiger partial charge in [-0.15, -0.1) is 5.10 Å². The van der Waals surface area contributed by atoms with E-state index in [-0.39, 0.29) is 11.7 Å². The van der Waals surface area contributed by atoms with E-state index >= 15 is 0 Å². The second kappa shape index (κ2) is 7.65. The van der Waals surface area contributed by atoms with Crippen LogP contribution in [0.15, 0.2) is 9.95 Å². The topological polar surface area (TPSA) is 100 Å². The van der Waals surface area contributed by atoms with Crippen LogP contribution in [0.3, 0.4) is 0 Å². The standard InChI is InChI=1S/C13H24N4O3S/c1-5-14-13(4,10(18)19)7-6-8-21-12-16-15-11(20)17(12)9(2)3/h9,14H,5-8H2,1-4H3,(H,15,20)(H,18,19). The zero-order valence-corrected chi connectivity index (χ0v) is 13.8. The number of thioether (sulfide) groups is 1. The summed E-state index contributed by atoms with van der Waals surface area (Å²) in [5.74, 6) is -0.126. The van der Waals surface area contributed by atoms with Gasteiger partial charge < -0.3 is 10.4 Å². The molecule has 0 saturated carbocycles. The Balaban J connectivity index is 2.55. The molecule has 0 spiro atoms. The number of carboxylic acid groups (broad SMARTS) is 1. The number of hydrogen-bond acceptors (Lipinski definition) is 5. The first-order chi connectivity index (χ1) is 9.81. The summed E-state index contributed by atoms with van der Waals surface area (Å²) in [6.07, 6.45) is 1.25. The van der Waals surface area contributed by atoms with Crippen LogP contribution >= 0.6 is 11.8 Å². The van der Waals surface area contributed by atoms with Crippen LogP contribution in [0.4, 0.5) is 0 Å². The molecule has 0 aromatic carbocycles. The molecule has 120 valence electrons. The molecular formula is C13H24N4O3S. The molecule has 1 atom stereocenters. The van der Waals surface area contributed by atoms with E-state index < -0.39 is 11.5 Å². The maximum absolute atomic E-state index is 11.6. The van der Waals surface area contributed by atoms with E-state index in [1.807, 2.05) is 20.8 Å². The molecule has 0 aliphatic carbocycles. The van der Waals surface area contributed by atoms with Crippen molar-refractivity contribution in [2.75, 3.05) is 12.3 Å². The van der Waals surface area contributed by atoms with Gasteiger partial charge in [-0.1, -0.05) is 18.7 Å². The largest absolute Gasteiger partial charge is 0.480 e. The number of carbonyl (C=O) groups is 1. The SMILES string of the molecule is CCNC(C)(CCCSc1n[nH]c(=O)n1C(C)C)C(=O)O. The first-order valence-electron chi connectivity index (χ1n) is 7.10. The van der Waals surface area contributed by atoms with Crippen LogP contribution in [0.5, 0.6) is 0 Å². The van der Waals surface area contributed by atoms with Crippen molar-refractivity contribution in [1.29, 1.82) is 0 Å². The van der Waals surface area contributed by atoms with Gasteiger partial charge >= 0.3 is 11.7 Å². The normalized spacial score (nSPS) is 14.3. The van der Waals surface area contributed by atoms with Gasteiger partial charge in [0, 0.05) is 11.8 Å². The number of H-pyrrole nitrogens is 1. The fourth-order valence-electron chi connectivity index (χ4n) is 2.10. The quantitative estimate of drug-likeness (QED) is 0.471. The molecule has 1 heterocycles. The van der Waals surface area contributed by atoms with E-state index in [0.717, 1.165) is 6.42 Å². The number of hydrogen-bond donors (Lipinski definition) is 3. The van der Waals surface area contributed by atoms with Gasteiger partial charge in [0.1, 0.15) is 5.54 Å². The van der Waals surface area contributed by atoms with Crippen molar-refractivity contribution in [2.45, 2.75) is 57.3 Å². The highest BCUT2D eigenvalue weighted by Gasteiger charge is 2.31. The van der Waals surface area contributed by atoms with Crippen molar-refractivity contribution in [3.8, 4) is 0 Å². The number of aromatic amines is 1. The summed E-state index contributed by atoms with van der Waals surface area (Å²) >= 11 is 1.47. The lowest BCUT2D eigenvalue weighted by Crippen LogP contribution is -2.49. The zero-order valence-electron chi connectivity index (χ0n) is 13.0. The molecule has 8 heteroatoms. The molecule has 1 aromatic rings. The third-order valence-corrected chi connectivity index (χ3v) is 4.32. The Morgan fingerprint density at radius 1 is 1.57 bits per heavy atom. The van der Waals surface area contributed by atoms with E-state index in [1.165, 1.54) is 11.8 Å². The third-order valence-electron chi connectivity index (χ3n) is 3.28. The monoisotopic (exact) mass is 316 g/mol. The third kappa shape index (κ3) is 4.60. The minimum absolute atomic E-state index is 0.0461. The van der Waals surface area contributed by atoms with Crippen LogP contribution in [-0.4, -0.2) is 43.7 Å². The summed E-state index contributed by atoms with van der Waals surface area (Å²) < 4.78 is 1.60. The van der Waals surface area contributed by atoms with Crippen molar-refractivity contribution in [3.63, 3.8) is 0 Å². The maximum atomic E-state index is 11.6. The second-order valence-corrected chi connectivity index (χ2v) is 6.46. The van der Waals surface area contributed by atoms with Crippen molar-refractivity contribution in [3.05, 3.63) is 10.5 Å². The molecule has 7 nitrogen and oxygen atoms in total. The van der Waals surface area contributed by atoms with Crippen LogP contribution in [0.2, 0.25) is 0 Å². The summed E-state index contributed by atoms with van der Waals surface area (Å²) in [5.41, 5.74) is -1.12. The predicted octanol–water partition coefficient (Wildman–Crippen LogP) is 1.48. The Bertz CT molecular complexity index is 526. The number of nitrogens with one attached hydrogen (secondary N) is 2. The minimum atomic E-state index is -0.904. The number of likely N-dealkylation sites (N-methyl/N-ethyl adjacent to an activating group) is 1. The van der Waals surface area contributed by atoms with Gasteiger partial charge in [0.15, 0.2) is 5.16 Å². The van der Waals surface area contributed by atoms with Crippen molar-refractivity contribution in [1.82, 2.24) is 20.1 Å². The molecule has 0 radical (unpaired) electrons. The van der Waals surface area contributed by atoms with Gasteiger partial charge in [-0.25, -0.2) is 9.89 Å². The Morgan fingerprint density at radius 3 is 2.76 bits per heavy atom. The summed E-state index contributed by atoms with van der Waals surface area (Å²) in [4.78, 5) is 22.9. The van der Waals surface area contributed by atoms with E-state index in [9.17, 15) is 14.7 Å². The molecule has 0 aliphatic rings. The predicted molar refractivity (Wildman–Crippen MR) is 82.9 cm³/mol. The maximum Gasteiger partial charge on any atom is 0.344 e. The Morgan fingerprint density at radius 2 is 2.24 bits per heavy atom. The van der Waals surface area contributed by atoms with Crippen molar-refractivity contribution in [2.24, 2.45) is 0 Å².